The molecule has 3 aromatic carbocycles. The molecule has 5 rings (SSSR count). The Hall–Kier alpha value is -3.87. The highest BCUT2D eigenvalue weighted by Crippen LogP contribution is 2.44. The molecule has 0 amide bonds. The maximum absolute atomic E-state index is 15.9. The lowest BCUT2D eigenvalue weighted by Crippen LogP contribution is -2.43. The van der Waals surface area contributed by atoms with Crippen molar-refractivity contribution in [3.63, 3.8) is 0 Å². The van der Waals surface area contributed by atoms with Gasteiger partial charge in [-0.05, 0) is 81.2 Å². The highest BCUT2D eigenvalue weighted by atomic mass is 19.1. The average molecular weight is 545 g/mol. The number of hydrogen-bond acceptors (Lipinski definition) is 6. The summed E-state index contributed by atoms with van der Waals surface area (Å²) in [6.45, 7) is 4.71. The Morgan fingerprint density at radius 1 is 1.00 bits per heavy atom. The van der Waals surface area contributed by atoms with Crippen LogP contribution < -0.4 is 14.9 Å². The van der Waals surface area contributed by atoms with Gasteiger partial charge in [-0.1, -0.05) is 42.5 Å². The fourth-order valence-electron chi connectivity index (χ4n) is 5.93. The molecule has 0 bridgehead atoms. The second-order valence-corrected chi connectivity index (χ2v) is 10.6. The number of carbonyl (C=O) groups is 1. The highest BCUT2D eigenvalue weighted by Gasteiger charge is 2.40. The summed E-state index contributed by atoms with van der Waals surface area (Å²) in [7, 11) is 1.38. The number of carbonyl (C=O) groups excluding carboxylic acids is 1. The molecule has 210 valence electrons. The molecule has 3 aromatic rings. The van der Waals surface area contributed by atoms with Crippen LogP contribution in [0.4, 0.5) is 4.39 Å². The number of benzene rings is 3. The molecule has 0 radical (unpaired) electrons. The molecule has 1 aliphatic heterocycles. The van der Waals surface area contributed by atoms with Gasteiger partial charge in [0.25, 0.3) is 0 Å². The molecule has 1 fully saturated rings. The van der Waals surface area contributed by atoms with E-state index in [0.717, 1.165) is 54.5 Å². The summed E-state index contributed by atoms with van der Waals surface area (Å²) in [6.07, 6.45) is 5.49. The molecule has 6 nitrogen and oxygen atoms in total. The largest absolute Gasteiger partial charge is 0.493 e. The Balaban J connectivity index is 1.30. The van der Waals surface area contributed by atoms with E-state index in [1.54, 1.807) is 12.1 Å². The Bertz CT molecular complexity index is 1360. The van der Waals surface area contributed by atoms with E-state index in [-0.39, 0.29) is 17.3 Å². The molecule has 0 unspecified atom stereocenters. The first-order valence-corrected chi connectivity index (χ1v) is 14.2. The van der Waals surface area contributed by atoms with Gasteiger partial charge in [0.2, 0.25) is 0 Å². The Morgan fingerprint density at radius 2 is 1.70 bits per heavy atom. The fourth-order valence-corrected chi connectivity index (χ4v) is 5.93. The smallest absolute Gasteiger partial charge is 0.337 e. The molecule has 1 saturated carbocycles. The van der Waals surface area contributed by atoms with Crippen LogP contribution in [0, 0.1) is 11.7 Å². The molecule has 1 heterocycles. The van der Waals surface area contributed by atoms with Crippen molar-refractivity contribution in [2.24, 2.45) is 11.0 Å². The number of methoxy groups -OCH3 is 1. The van der Waals surface area contributed by atoms with Gasteiger partial charge in [0.05, 0.1) is 37.1 Å². The van der Waals surface area contributed by atoms with E-state index in [2.05, 4.69) is 10.5 Å². The summed E-state index contributed by atoms with van der Waals surface area (Å²) >= 11 is 0. The summed E-state index contributed by atoms with van der Waals surface area (Å²) in [5.74, 6) is 0.727. The van der Waals surface area contributed by atoms with Gasteiger partial charge in [0.1, 0.15) is 5.75 Å². The zero-order valence-electron chi connectivity index (χ0n) is 23.5. The minimum Gasteiger partial charge on any atom is -0.493 e. The minimum atomic E-state index is -0.345. The Kier molecular flexibility index (Phi) is 8.38. The molecule has 0 aromatic heterocycles. The van der Waals surface area contributed by atoms with Crippen LogP contribution in [0.15, 0.2) is 65.8 Å². The minimum absolute atomic E-state index is 0.0687. The third kappa shape index (κ3) is 5.69. The number of ether oxygens (including phenoxy) is 3. The molecule has 1 spiro atoms. The molecule has 40 heavy (non-hydrogen) atoms. The SMILES string of the molecule is CCOc1cc(-c2ccccc2)c(F)c(OCC)c1CC1CCC2(CC1)CC(c1ccc(C(=O)OC)cc1)=NN2. The third-order valence-corrected chi connectivity index (χ3v) is 8.08. The predicted octanol–water partition coefficient (Wildman–Crippen LogP) is 6.95. The van der Waals surface area contributed by atoms with Gasteiger partial charge >= 0.3 is 5.97 Å². The summed E-state index contributed by atoms with van der Waals surface area (Å²) in [5, 5.41) is 4.67. The van der Waals surface area contributed by atoms with E-state index >= 15 is 4.39 Å². The molecule has 0 atom stereocenters. The van der Waals surface area contributed by atoms with E-state index in [4.69, 9.17) is 14.2 Å². The molecule has 0 saturated heterocycles. The van der Waals surface area contributed by atoms with Crippen molar-refractivity contribution in [1.29, 1.82) is 0 Å². The lowest BCUT2D eigenvalue weighted by Gasteiger charge is -2.37. The third-order valence-electron chi connectivity index (χ3n) is 8.08. The van der Waals surface area contributed by atoms with Crippen molar-refractivity contribution in [3.8, 4) is 22.6 Å². The standard InChI is InChI=1S/C33H37FN2O4/c1-4-39-29-20-26(23-9-7-6-8-10-23)30(34)31(40-5-2)27(29)19-22-15-17-33(18-16-22)21-28(35-36-33)24-11-13-25(14-12-24)32(37)38-3/h6-14,20,22,36H,4-5,15-19,21H2,1-3H3. The van der Waals surface area contributed by atoms with Crippen LogP contribution in [0.3, 0.4) is 0 Å². The summed E-state index contributed by atoms with van der Waals surface area (Å²) < 4.78 is 32.7. The first kappa shape index (κ1) is 27.7. The number of nitrogens with one attached hydrogen (secondary N) is 1. The van der Waals surface area contributed by atoms with E-state index in [1.165, 1.54) is 7.11 Å². The van der Waals surface area contributed by atoms with E-state index in [1.807, 2.05) is 62.4 Å². The summed E-state index contributed by atoms with van der Waals surface area (Å²) in [6, 6.07) is 18.8. The Labute approximate surface area is 235 Å². The normalized spacial score (nSPS) is 20.1. The number of hydrogen-bond donors (Lipinski definition) is 1. The number of esters is 1. The van der Waals surface area contributed by atoms with Gasteiger partial charge in [-0.25, -0.2) is 9.18 Å². The van der Waals surface area contributed by atoms with Crippen molar-refractivity contribution in [2.45, 2.75) is 57.9 Å². The van der Waals surface area contributed by atoms with Gasteiger partial charge in [-0.15, -0.1) is 0 Å². The highest BCUT2D eigenvalue weighted by molar-refractivity contribution is 6.03. The van der Waals surface area contributed by atoms with Crippen LogP contribution in [-0.4, -0.2) is 37.5 Å². The molecular formula is C33H37FN2O4. The second-order valence-electron chi connectivity index (χ2n) is 10.6. The first-order chi connectivity index (χ1) is 19.5. The molecule has 2 aliphatic rings. The van der Waals surface area contributed by atoms with Crippen LogP contribution in [0.5, 0.6) is 11.5 Å². The van der Waals surface area contributed by atoms with Crippen LogP contribution >= 0.6 is 0 Å². The van der Waals surface area contributed by atoms with E-state index < -0.39 is 0 Å². The average Bonchev–Trinajstić information content (AvgIpc) is 3.41. The number of halogens is 1. The molecule has 1 aliphatic carbocycles. The lowest BCUT2D eigenvalue weighted by molar-refractivity contribution is 0.0600. The zero-order valence-corrected chi connectivity index (χ0v) is 23.5. The number of hydrazone groups is 1. The van der Waals surface area contributed by atoms with Crippen molar-refractivity contribution in [1.82, 2.24) is 5.43 Å². The van der Waals surface area contributed by atoms with E-state index in [0.29, 0.717) is 48.2 Å². The van der Waals surface area contributed by atoms with Gasteiger partial charge in [0, 0.05) is 17.5 Å². The maximum atomic E-state index is 15.9. The van der Waals surface area contributed by atoms with Crippen LogP contribution in [-0.2, 0) is 11.2 Å². The molecular weight excluding hydrogens is 507 g/mol. The van der Waals surface area contributed by atoms with Crippen molar-refractivity contribution in [2.75, 3.05) is 20.3 Å². The lowest BCUT2D eigenvalue weighted by atomic mass is 9.72. The number of rotatable bonds is 9. The Morgan fingerprint density at radius 3 is 2.35 bits per heavy atom. The van der Waals surface area contributed by atoms with Gasteiger partial charge in [-0.2, -0.15) is 5.10 Å². The van der Waals surface area contributed by atoms with Gasteiger partial charge in [0.15, 0.2) is 11.6 Å². The molecule has 7 heteroatoms. The second kappa shape index (κ2) is 12.1. The predicted molar refractivity (Wildman–Crippen MR) is 155 cm³/mol. The quantitative estimate of drug-likeness (QED) is 0.295. The van der Waals surface area contributed by atoms with Crippen LogP contribution in [0.2, 0.25) is 0 Å². The van der Waals surface area contributed by atoms with Crippen LogP contribution in [0.25, 0.3) is 11.1 Å². The maximum Gasteiger partial charge on any atom is 0.337 e. The molecule has 1 N–H and O–H groups in total. The summed E-state index contributed by atoms with van der Waals surface area (Å²) in [4.78, 5) is 11.8. The van der Waals surface area contributed by atoms with E-state index in [9.17, 15) is 4.79 Å². The topological polar surface area (TPSA) is 69.2 Å². The first-order valence-electron chi connectivity index (χ1n) is 14.2. The van der Waals surface area contributed by atoms with Crippen molar-refractivity contribution < 1.29 is 23.4 Å². The fraction of sp³-hybridized carbons (Fsp3) is 0.394. The number of nitrogens with zero attached hydrogens (tertiary/aromatic N) is 1. The van der Waals surface area contributed by atoms with Gasteiger partial charge < -0.3 is 19.6 Å². The van der Waals surface area contributed by atoms with Gasteiger partial charge in [-0.3, -0.25) is 0 Å². The summed E-state index contributed by atoms with van der Waals surface area (Å²) in [5.41, 5.74) is 8.04. The van der Waals surface area contributed by atoms with Crippen molar-refractivity contribution >= 4 is 11.7 Å². The monoisotopic (exact) mass is 544 g/mol. The van der Waals surface area contributed by atoms with Crippen LogP contribution in [0.1, 0.15) is 67.4 Å². The zero-order chi connectivity index (χ0) is 28.1. The van der Waals surface area contributed by atoms with Crippen molar-refractivity contribution in [3.05, 3.63) is 83.2 Å².